The van der Waals surface area contributed by atoms with E-state index in [4.69, 9.17) is 18.9 Å². The number of aliphatic hydroxyl groups is 1. The van der Waals surface area contributed by atoms with Crippen LogP contribution in [-0.2, 0) is 45.2 Å². The van der Waals surface area contributed by atoms with Gasteiger partial charge in [-0.1, -0.05) is 6.07 Å². The second kappa shape index (κ2) is 14.3. The number of ether oxygens (including phenoxy) is 4. The van der Waals surface area contributed by atoms with Gasteiger partial charge >= 0.3 is 18.0 Å². The van der Waals surface area contributed by atoms with Gasteiger partial charge in [0.2, 0.25) is 11.8 Å². The molecule has 0 unspecified atom stereocenters. The van der Waals surface area contributed by atoms with Gasteiger partial charge in [0.25, 0.3) is 0 Å². The van der Waals surface area contributed by atoms with Crippen LogP contribution in [0.5, 0.6) is 11.5 Å². The van der Waals surface area contributed by atoms with Gasteiger partial charge in [0.15, 0.2) is 23.7 Å². The lowest BCUT2D eigenvalue weighted by Crippen LogP contribution is -2.74. The number of likely N-dealkylation sites (N-methyl/N-ethyl adjacent to an activating group) is 1. The highest BCUT2D eigenvalue weighted by atomic mass is 16.6. The summed E-state index contributed by atoms with van der Waals surface area (Å²) in [4.78, 5) is 65.1. The molecular formula is C36H50N4O11. The molecule has 0 radical (unpaired) electrons. The fourth-order valence-corrected chi connectivity index (χ4v) is 7.83. The number of hydrogen-bond acceptors (Lipinski definition) is 12. The van der Waals surface area contributed by atoms with Gasteiger partial charge in [-0.2, -0.15) is 0 Å². The Morgan fingerprint density at radius 1 is 1.10 bits per heavy atom. The molecular weight excluding hydrogens is 664 g/mol. The quantitative estimate of drug-likeness (QED) is 0.120. The van der Waals surface area contributed by atoms with Crippen LogP contribution in [0.3, 0.4) is 0 Å². The minimum atomic E-state index is -1.37. The van der Waals surface area contributed by atoms with Gasteiger partial charge in [-0.15, -0.1) is 0 Å². The summed E-state index contributed by atoms with van der Waals surface area (Å²) < 4.78 is 22.7. The minimum Gasteiger partial charge on any atom is -0.504 e. The number of benzene rings is 1. The van der Waals surface area contributed by atoms with Crippen LogP contribution in [-0.4, -0.2) is 107 Å². The maximum atomic E-state index is 13.3. The third-order valence-corrected chi connectivity index (χ3v) is 10.2. The van der Waals surface area contributed by atoms with E-state index < -0.39 is 70.8 Å². The zero-order chi connectivity index (χ0) is 37.5. The first-order valence-corrected chi connectivity index (χ1v) is 17.5. The molecule has 51 heavy (non-hydrogen) atoms. The second-order valence-electron chi connectivity index (χ2n) is 15.0. The summed E-state index contributed by atoms with van der Waals surface area (Å²) in [6.45, 7) is 10.2. The van der Waals surface area contributed by atoms with Crippen LogP contribution in [0, 0.1) is 0 Å². The maximum absolute atomic E-state index is 13.3. The Kier molecular flexibility index (Phi) is 10.6. The lowest BCUT2D eigenvalue weighted by Gasteiger charge is -2.61. The van der Waals surface area contributed by atoms with E-state index in [1.165, 1.54) is 20.8 Å². The van der Waals surface area contributed by atoms with Crippen molar-refractivity contribution in [3.63, 3.8) is 0 Å². The van der Waals surface area contributed by atoms with E-state index in [0.717, 1.165) is 11.1 Å². The Balaban J connectivity index is 1.16. The van der Waals surface area contributed by atoms with Crippen LogP contribution in [0.25, 0.3) is 0 Å². The number of amides is 3. The number of hydrogen-bond donors (Lipinski definition) is 5. The van der Waals surface area contributed by atoms with Crippen molar-refractivity contribution < 1.29 is 53.1 Å². The number of likely N-dealkylation sites (tertiary alicyclic amines) is 1. The number of nitrogens with zero attached hydrogens (tertiary/aromatic N) is 1. The molecule has 7 atom stereocenters. The summed E-state index contributed by atoms with van der Waals surface area (Å²) in [5, 5.41) is 30.7. The Labute approximate surface area is 297 Å². The molecule has 15 nitrogen and oxygen atoms in total. The fourth-order valence-electron chi connectivity index (χ4n) is 7.83. The molecule has 1 spiro atoms. The van der Waals surface area contributed by atoms with E-state index in [2.05, 4.69) is 20.9 Å². The number of carbonyl (C=O) groups is 5. The molecule has 2 bridgehead atoms. The van der Waals surface area contributed by atoms with Crippen molar-refractivity contribution >= 4 is 29.8 Å². The summed E-state index contributed by atoms with van der Waals surface area (Å²) in [5.74, 6) is -2.44. The van der Waals surface area contributed by atoms with Gasteiger partial charge in [0.05, 0.1) is 11.0 Å². The topological polar surface area (TPSA) is 202 Å². The van der Waals surface area contributed by atoms with E-state index in [9.17, 15) is 34.2 Å². The molecule has 0 saturated carbocycles. The van der Waals surface area contributed by atoms with Gasteiger partial charge < -0.3 is 50.0 Å². The number of alkyl carbamates (subject to hydrolysis) is 1. The molecule has 1 fully saturated rings. The van der Waals surface area contributed by atoms with Crippen molar-refractivity contribution in [2.45, 2.75) is 127 Å². The molecule has 2 aliphatic carbocycles. The molecule has 2 aliphatic heterocycles. The monoisotopic (exact) mass is 714 g/mol. The normalized spacial score (nSPS) is 26.2. The molecule has 2 heterocycles. The van der Waals surface area contributed by atoms with Gasteiger partial charge in [0, 0.05) is 31.5 Å². The molecule has 3 amide bonds. The highest BCUT2D eigenvalue weighted by molar-refractivity contribution is 5.90. The third kappa shape index (κ3) is 7.36. The summed E-state index contributed by atoms with van der Waals surface area (Å²) in [5.41, 5.74) is -1.10. The van der Waals surface area contributed by atoms with Crippen molar-refractivity contribution in [3.05, 3.63) is 35.1 Å². The van der Waals surface area contributed by atoms with Crippen molar-refractivity contribution in [3.8, 4) is 11.5 Å². The van der Waals surface area contributed by atoms with Crippen LogP contribution >= 0.6 is 0 Å². The first-order chi connectivity index (χ1) is 23.9. The minimum absolute atomic E-state index is 0.0581. The molecule has 280 valence electrons. The lowest BCUT2D eigenvalue weighted by molar-refractivity contribution is -0.176. The van der Waals surface area contributed by atoms with Crippen LogP contribution in [0.2, 0.25) is 0 Å². The van der Waals surface area contributed by atoms with Crippen molar-refractivity contribution in [1.29, 1.82) is 0 Å². The second-order valence-corrected chi connectivity index (χ2v) is 15.0. The first-order valence-electron chi connectivity index (χ1n) is 17.5. The number of phenols is 1. The Bertz CT molecular complexity index is 1610. The number of aromatic hydroxyl groups is 1. The van der Waals surface area contributed by atoms with Crippen LogP contribution in [0.4, 0.5) is 4.79 Å². The predicted molar refractivity (Wildman–Crippen MR) is 182 cm³/mol. The molecule has 0 aromatic heterocycles. The van der Waals surface area contributed by atoms with Crippen LogP contribution < -0.4 is 20.7 Å². The predicted octanol–water partition coefficient (Wildman–Crippen LogP) is 1.85. The zero-order valence-electron chi connectivity index (χ0n) is 30.3. The maximum Gasteiger partial charge on any atom is 0.407 e. The average Bonchev–Trinajstić information content (AvgIpc) is 3.39. The number of piperidine rings is 1. The smallest absolute Gasteiger partial charge is 0.407 e. The van der Waals surface area contributed by atoms with E-state index in [0.29, 0.717) is 38.8 Å². The number of unbranched alkanes of at least 4 members (excludes halogenated alkanes) is 1. The van der Waals surface area contributed by atoms with Crippen molar-refractivity contribution in [2.75, 3.05) is 20.1 Å². The average molecular weight is 715 g/mol. The molecule has 5 rings (SSSR count). The molecule has 5 N–H and O–H groups in total. The Morgan fingerprint density at radius 2 is 1.82 bits per heavy atom. The number of phenolic OH excluding ortho intramolecular Hbond substituents is 1. The van der Waals surface area contributed by atoms with Crippen molar-refractivity contribution in [2.24, 2.45) is 0 Å². The van der Waals surface area contributed by atoms with E-state index in [1.807, 2.05) is 13.1 Å². The summed E-state index contributed by atoms with van der Waals surface area (Å²) >= 11 is 0. The fraction of sp³-hybridized carbons (Fsp3) is 0.639. The third-order valence-electron chi connectivity index (χ3n) is 10.2. The van der Waals surface area contributed by atoms with E-state index in [-0.39, 0.29) is 36.1 Å². The standard InChI is InChI=1S/C36H50N4O11/c1-19(38-30(43)23(39-21(3)41)10-8-9-16-37-33(46)51-34(4,5)6)31(44)48-20(2)32(45)49-25-13-14-36(47)26-18-22-11-12-24(42)28-27(22)35(36,29(25)50-28)15-17-40(26)7/h11-13,19-20,23,26,29,42,47H,8-10,14-18H2,1-7H3,(H,37,46)(H,38,43)(H,39,41)/t19-,20-,23-,26-,29-,35-,36+/m0/s1. The first kappa shape index (κ1) is 37.9. The van der Waals surface area contributed by atoms with Gasteiger partial charge in [0.1, 0.15) is 23.4 Å². The summed E-state index contributed by atoms with van der Waals surface area (Å²) in [7, 11) is 1.97. The Morgan fingerprint density at radius 3 is 2.51 bits per heavy atom. The zero-order valence-corrected chi connectivity index (χ0v) is 30.3. The van der Waals surface area contributed by atoms with Crippen LogP contribution in [0.1, 0.15) is 84.8 Å². The van der Waals surface area contributed by atoms with Gasteiger partial charge in [-0.05, 0) is 98.0 Å². The van der Waals surface area contributed by atoms with E-state index >= 15 is 0 Å². The summed E-state index contributed by atoms with van der Waals surface area (Å²) in [6.07, 6.45) is 1.31. The highest BCUT2D eigenvalue weighted by Crippen LogP contribution is 2.65. The molecule has 1 aromatic carbocycles. The molecule has 1 aromatic rings. The van der Waals surface area contributed by atoms with Crippen molar-refractivity contribution in [1.82, 2.24) is 20.9 Å². The Hall–Kier alpha value is -4.37. The van der Waals surface area contributed by atoms with Gasteiger partial charge in [-0.3, -0.25) is 9.59 Å². The number of nitrogens with one attached hydrogen (secondary N) is 3. The lowest BCUT2D eigenvalue weighted by atomic mass is 9.50. The number of rotatable bonds is 12. The molecule has 4 aliphatic rings. The SMILES string of the molecule is CC(=O)N[C@@H](CCCCNC(=O)OC(C)(C)C)C(=O)N[C@@H](C)C(=O)O[C@@H](C)C(=O)OC1=CC[C@@]2(O)[C@@H]3Cc4ccc(O)c5c4[C@@]2(CCN3C)[C@H]1O5. The molecule has 15 heteroatoms. The molecule has 1 saturated heterocycles. The summed E-state index contributed by atoms with van der Waals surface area (Å²) in [6, 6.07) is 1.09. The number of esters is 2. The largest absolute Gasteiger partial charge is 0.504 e. The van der Waals surface area contributed by atoms with E-state index in [1.54, 1.807) is 32.9 Å². The van der Waals surface area contributed by atoms with Crippen LogP contribution in [0.15, 0.2) is 24.0 Å². The van der Waals surface area contributed by atoms with Gasteiger partial charge in [-0.25, -0.2) is 14.4 Å². The number of carbonyl (C=O) groups excluding carboxylic acids is 5. The highest BCUT2D eigenvalue weighted by Gasteiger charge is 2.72.